The molecule has 0 radical (unpaired) electrons. The number of rotatable bonds is 3. The van der Waals surface area contributed by atoms with Crippen LogP contribution in [0.4, 0.5) is 0 Å². The van der Waals surface area contributed by atoms with Gasteiger partial charge in [0.1, 0.15) is 0 Å². The van der Waals surface area contributed by atoms with Gasteiger partial charge in [0, 0.05) is 49.9 Å². The zero-order valence-corrected chi connectivity index (χ0v) is 10.5. The van der Waals surface area contributed by atoms with Gasteiger partial charge in [0.25, 0.3) is 0 Å². The summed E-state index contributed by atoms with van der Waals surface area (Å²) in [5, 5.41) is 4.69. The highest BCUT2D eigenvalue weighted by Gasteiger charge is 2.46. The molecule has 2 N–H and O–H groups in total. The minimum atomic E-state index is 0.252. The SMILES string of the molecule is Cn1cc(C2(CN)CC2)c(C2CCOCC2)n1. The first kappa shape index (κ1) is 11.2. The van der Waals surface area contributed by atoms with E-state index in [0.717, 1.165) is 32.6 Å². The summed E-state index contributed by atoms with van der Waals surface area (Å²) in [4.78, 5) is 0. The molecule has 1 saturated heterocycles. The molecule has 1 saturated carbocycles. The largest absolute Gasteiger partial charge is 0.381 e. The molecular weight excluding hydrogens is 214 g/mol. The van der Waals surface area contributed by atoms with E-state index in [9.17, 15) is 0 Å². The van der Waals surface area contributed by atoms with Crippen LogP contribution in [0, 0.1) is 0 Å². The van der Waals surface area contributed by atoms with Crippen molar-refractivity contribution in [1.29, 1.82) is 0 Å². The molecule has 0 amide bonds. The number of aromatic nitrogens is 2. The van der Waals surface area contributed by atoms with Crippen LogP contribution in [0.5, 0.6) is 0 Å². The van der Waals surface area contributed by atoms with Crippen LogP contribution in [0.15, 0.2) is 6.20 Å². The van der Waals surface area contributed by atoms with Crippen molar-refractivity contribution in [3.05, 3.63) is 17.5 Å². The van der Waals surface area contributed by atoms with Gasteiger partial charge in [0.05, 0.1) is 5.69 Å². The van der Waals surface area contributed by atoms with E-state index < -0.39 is 0 Å². The summed E-state index contributed by atoms with van der Waals surface area (Å²) in [5.74, 6) is 0.573. The summed E-state index contributed by atoms with van der Waals surface area (Å²) in [6, 6.07) is 0. The molecule has 4 heteroatoms. The Morgan fingerprint density at radius 3 is 2.76 bits per heavy atom. The fraction of sp³-hybridized carbons (Fsp3) is 0.769. The number of ether oxygens (including phenoxy) is 1. The summed E-state index contributed by atoms with van der Waals surface area (Å²) < 4.78 is 7.39. The first-order chi connectivity index (χ1) is 8.25. The van der Waals surface area contributed by atoms with Crippen molar-refractivity contribution in [1.82, 2.24) is 9.78 Å². The molecule has 2 aliphatic rings. The van der Waals surface area contributed by atoms with Gasteiger partial charge in [-0.05, 0) is 25.7 Å². The van der Waals surface area contributed by atoms with Gasteiger partial charge in [0.2, 0.25) is 0 Å². The molecule has 2 fully saturated rings. The molecule has 0 aromatic carbocycles. The van der Waals surface area contributed by atoms with Crippen molar-refractivity contribution in [3.63, 3.8) is 0 Å². The van der Waals surface area contributed by atoms with Crippen molar-refractivity contribution in [2.45, 2.75) is 37.0 Å². The van der Waals surface area contributed by atoms with E-state index in [4.69, 9.17) is 15.6 Å². The van der Waals surface area contributed by atoms with E-state index in [0.29, 0.717) is 5.92 Å². The van der Waals surface area contributed by atoms with Crippen LogP contribution in [0.25, 0.3) is 0 Å². The molecule has 17 heavy (non-hydrogen) atoms. The molecule has 1 aliphatic carbocycles. The van der Waals surface area contributed by atoms with Gasteiger partial charge in [0.15, 0.2) is 0 Å². The van der Waals surface area contributed by atoms with Crippen LogP contribution >= 0.6 is 0 Å². The van der Waals surface area contributed by atoms with Crippen LogP contribution in [-0.4, -0.2) is 29.5 Å². The van der Waals surface area contributed by atoms with E-state index in [1.54, 1.807) is 0 Å². The number of aryl methyl sites for hydroxylation is 1. The Morgan fingerprint density at radius 2 is 2.18 bits per heavy atom. The smallest absolute Gasteiger partial charge is 0.0695 e. The second-order valence-electron chi connectivity index (χ2n) is 5.47. The Labute approximate surface area is 102 Å². The Kier molecular flexibility index (Phi) is 2.71. The van der Waals surface area contributed by atoms with Gasteiger partial charge >= 0.3 is 0 Å². The maximum Gasteiger partial charge on any atom is 0.0695 e. The second-order valence-corrected chi connectivity index (χ2v) is 5.47. The number of nitrogens with two attached hydrogens (primary N) is 1. The van der Waals surface area contributed by atoms with E-state index >= 15 is 0 Å². The van der Waals surface area contributed by atoms with Crippen LogP contribution in [-0.2, 0) is 17.2 Å². The number of hydrogen-bond acceptors (Lipinski definition) is 3. The topological polar surface area (TPSA) is 53.1 Å². The zero-order chi connectivity index (χ0) is 11.9. The third-order valence-electron chi connectivity index (χ3n) is 4.28. The van der Waals surface area contributed by atoms with E-state index in [-0.39, 0.29) is 5.41 Å². The Morgan fingerprint density at radius 1 is 1.47 bits per heavy atom. The maximum atomic E-state index is 5.95. The van der Waals surface area contributed by atoms with E-state index in [1.165, 1.54) is 24.1 Å². The molecule has 0 unspecified atom stereocenters. The van der Waals surface area contributed by atoms with Crippen molar-refractivity contribution >= 4 is 0 Å². The lowest BCUT2D eigenvalue weighted by atomic mass is 9.87. The molecule has 0 bridgehead atoms. The van der Waals surface area contributed by atoms with Gasteiger partial charge in [-0.3, -0.25) is 4.68 Å². The Hall–Kier alpha value is -0.870. The molecule has 1 aromatic rings. The quantitative estimate of drug-likeness (QED) is 0.859. The molecule has 94 valence electrons. The van der Waals surface area contributed by atoms with Gasteiger partial charge in [-0.1, -0.05) is 0 Å². The third kappa shape index (κ3) is 1.89. The summed E-state index contributed by atoms with van der Waals surface area (Å²) in [6.45, 7) is 2.50. The minimum Gasteiger partial charge on any atom is -0.381 e. The monoisotopic (exact) mass is 235 g/mol. The molecule has 2 heterocycles. The maximum absolute atomic E-state index is 5.95. The summed E-state index contributed by atoms with van der Waals surface area (Å²) in [7, 11) is 2.01. The fourth-order valence-electron chi connectivity index (χ4n) is 2.92. The lowest BCUT2D eigenvalue weighted by molar-refractivity contribution is 0.0841. The summed E-state index contributed by atoms with van der Waals surface area (Å²) in [6.07, 6.45) is 6.84. The molecular formula is C13H21N3O. The predicted octanol–water partition coefficient (Wildman–Crippen LogP) is 1.30. The third-order valence-corrected chi connectivity index (χ3v) is 4.28. The van der Waals surface area contributed by atoms with Gasteiger partial charge in [-0.25, -0.2) is 0 Å². The first-order valence-electron chi connectivity index (χ1n) is 6.57. The van der Waals surface area contributed by atoms with Gasteiger partial charge < -0.3 is 10.5 Å². The number of nitrogens with zero attached hydrogens (tertiary/aromatic N) is 2. The second kappa shape index (κ2) is 4.10. The van der Waals surface area contributed by atoms with E-state index in [2.05, 4.69) is 6.20 Å². The standard InChI is InChI=1S/C13H21N3O/c1-16-8-11(13(9-14)4-5-13)12(15-16)10-2-6-17-7-3-10/h8,10H,2-7,9,14H2,1H3. The summed E-state index contributed by atoms with van der Waals surface area (Å²) in [5.41, 5.74) is 8.90. The highest BCUT2D eigenvalue weighted by Crippen LogP contribution is 2.50. The van der Waals surface area contributed by atoms with Crippen LogP contribution < -0.4 is 5.73 Å². The summed E-state index contributed by atoms with van der Waals surface area (Å²) >= 11 is 0. The molecule has 0 atom stereocenters. The average Bonchev–Trinajstić information content (AvgIpc) is 3.07. The predicted molar refractivity (Wildman–Crippen MR) is 66.0 cm³/mol. The average molecular weight is 235 g/mol. The highest BCUT2D eigenvalue weighted by atomic mass is 16.5. The molecule has 3 rings (SSSR count). The van der Waals surface area contributed by atoms with Crippen LogP contribution in [0.1, 0.15) is 42.9 Å². The Balaban J connectivity index is 1.92. The number of hydrogen-bond donors (Lipinski definition) is 1. The normalized spacial score (nSPS) is 23.9. The van der Waals surface area contributed by atoms with Crippen molar-refractivity contribution in [2.75, 3.05) is 19.8 Å². The lowest BCUT2D eigenvalue weighted by Crippen LogP contribution is -2.23. The van der Waals surface area contributed by atoms with Gasteiger partial charge in [-0.2, -0.15) is 5.10 Å². The van der Waals surface area contributed by atoms with Crippen molar-refractivity contribution < 1.29 is 4.74 Å². The molecule has 1 aromatic heterocycles. The van der Waals surface area contributed by atoms with E-state index in [1.807, 2.05) is 11.7 Å². The minimum absolute atomic E-state index is 0.252. The molecule has 0 spiro atoms. The van der Waals surface area contributed by atoms with Crippen molar-refractivity contribution in [2.24, 2.45) is 12.8 Å². The fourth-order valence-corrected chi connectivity index (χ4v) is 2.92. The van der Waals surface area contributed by atoms with Crippen LogP contribution in [0.3, 0.4) is 0 Å². The lowest BCUT2D eigenvalue weighted by Gasteiger charge is -2.23. The zero-order valence-electron chi connectivity index (χ0n) is 10.5. The molecule has 1 aliphatic heterocycles. The van der Waals surface area contributed by atoms with Crippen LogP contribution in [0.2, 0.25) is 0 Å². The highest BCUT2D eigenvalue weighted by molar-refractivity contribution is 5.36. The first-order valence-corrected chi connectivity index (χ1v) is 6.57. The van der Waals surface area contributed by atoms with Gasteiger partial charge in [-0.15, -0.1) is 0 Å². The Bertz CT molecular complexity index is 403. The molecule has 4 nitrogen and oxygen atoms in total. The van der Waals surface area contributed by atoms with Crippen molar-refractivity contribution in [3.8, 4) is 0 Å².